The zero-order valence-electron chi connectivity index (χ0n) is 31.7. The van der Waals surface area contributed by atoms with Crippen LogP contribution in [0, 0.1) is 17.8 Å². The Balaban J connectivity index is 1.11. The van der Waals surface area contributed by atoms with Crippen LogP contribution in [0.5, 0.6) is 0 Å². The molecule has 54 heavy (non-hydrogen) atoms. The van der Waals surface area contributed by atoms with E-state index in [-0.39, 0.29) is 30.1 Å². The van der Waals surface area contributed by atoms with E-state index in [4.69, 9.17) is 9.47 Å². The molecule has 2 saturated heterocycles. The van der Waals surface area contributed by atoms with Gasteiger partial charge in [-0.1, -0.05) is 105 Å². The predicted molar refractivity (Wildman–Crippen MR) is 210 cm³/mol. The van der Waals surface area contributed by atoms with Gasteiger partial charge >= 0.3 is 0 Å². The molecule has 1 aliphatic carbocycles. The number of carbonyl (C=O) groups excluding carboxylic acids is 1. The minimum Gasteiger partial charge on any atom is -0.392 e. The molecule has 10 heteroatoms. The van der Waals surface area contributed by atoms with Crippen molar-refractivity contribution in [1.29, 1.82) is 0 Å². The quantitative estimate of drug-likeness (QED) is 0.138. The summed E-state index contributed by atoms with van der Waals surface area (Å²) in [4.78, 5) is 16.7. The van der Waals surface area contributed by atoms with Crippen LogP contribution < -0.4 is 10.0 Å². The largest absolute Gasteiger partial charge is 0.392 e. The van der Waals surface area contributed by atoms with E-state index >= 15 is 0 Å². The van der Waals surface area contributed by atoms with Crippen molar-refractivity contribution in [2.45, 2.75) is 102 Å². The van der Waals surface area contributed by atoms with Crippen molar-refractivity contribution in [3.8, 4) is 0 Å². The van der Waals surface area contributed by atoms with E-state index in [0.717, 1.165) is 40.9 Å². The third kappa shape index (κ3) is 9.13. The van der Waals surface area contributed by atoms with E-state index < -0.39 is 28.3 Å². The number of likely N-dealkylation sites (tertiary alicyclic amines) is 1. The molecule has 2 heterocycles. The fourth-order valence-electron chi connectivity index (χ4n) is 9.09. The summed E-state index contributed by atoms with van der Waals surface area (Å²) in [5.74, 6) is -0.478. The number of amides is 1. The number of aryl methyl sites for hydroxylation is 1. The molecule has 7 rings (SSSR count). The van der Waals surface area contributed by atoms with E-state index in [2.05, 4.69) is 35.7 Å². The number of nitrogens with one attached hydrogen (secondary N) is 2. The van der Waals surface area contributed by atoms with Gasteiger partial charge in [0.15, 0.2) is 6.29 Å². The average Bonchev–Trinajstić information content (AvgIpc) is 3.38. The second-order valence-electron chi connectivity index (χ2n) is 16.8. The predicted octanol–water partition coefficient (Wildman–Crippen LogP) is 7.46. The van der Waals surface area contributed by atoms with Crippen LogP contribution in [0.1, 0.15) is 86.7 Å². The van der Waals surface area contributed by atoms with Crippen molar-refractivity contribution in [3.05, 3.63) is 131 Å². The van der Waals surface area contributed by atoms with Gasteiger partial charge < -0.3 is 19.9 Å². The molecule has 3 fully saturated rings. The van der Waals surface area contributed by atoms with Crippen molar-refractivity contribution in [1.82, 2.24) is 9.62 Å². The zero-order valence-corrected chi connectivity index (χ0v) is 32.5. The number of hydrogen-bond acceptors (Lipinski definition) is 7. The molecule has 3 N–H and O–H groups in total. The number of nitrogens with zero attached hydrogens (tertiary/aromatic N) is 1. The van der Waals surface area contributed by atoms with Crippen LogP contribution in [-0.2, 0) is 37.3 Å². The van der Waals surface area contributed by atoms with E-state index in [9.17, 15) is 18.3 Å². The molecule has 4 aromatic carbocycles. The van der Waals surface area contributed by atoms with Gasteiger partial charge in [-0.05, 0) is 84.4 Å². The second-order valence-corrected chi connectivity index (χ2v) is 18.5. The normalized spacial score (nSPS) is 25.9. The lowest BCUT2D eigenvalue weighted by molar-refractivity contribution is -0.253. The molecule has 286 valence electrons. The molecule has 0 aromatic heterocycles. The number of ether oxygens (including phenoxy) is 2. The first-order valence-electron chi connectivity index (χ1n) is 19.0. The maximum atomic E-state index is 13.9. The van der Waals surface area contributed by atoms with Crippen molar-refractivity contribution in [3.63, 3.8) is 0 Å². The Hall–Kier alpha value is -3.90. The van der Waals surface area contributed by atoms with Crippen molar-refractivity contribution in [2.24, 2.45) is 10.8 Å². The summed E-state index contributed by atoms with van der Waals surface area (Å²) in [6.45, 7) is 10.9. The number of fused-ring (bicyclic) bond motifs is 2. The lowest BCUT2D eigenvalue weighted by Crippen LogP contribution is -2.45. The summed E-state index contributed by atoms with van der Waals surface area (Å²) in [5, 5.41) is 12.6. The second kappa shape index (κ2) is 15.7. The van der Waals surface area contributed by atoms with Gasteiger partial charge in [0.1, 0.15) is 6.04 Å². The van der Waals surface area contributed by atoms with Crippen LogP contribution in [0.15, 0.2) is 108 Å². The van der Waals surface area contributed by atoms with Gasteiger partial charge in [0.2, 0.25) is 15.9 Å². The zero-order chi connectivity index (χ0) is 38.1. The minimum atomic E-state index is -4.00. The highest BCUT2D eigenvalue weighted by Crippen LogP contribution is 2.53. The van der Waals surface area contributed by atoms with Crippen LogP contribution in [0.3, 0.4) is 0 Å². The van der Waals surface area contributed by atoms with Crippen molar-refractivity contribution < 1.29 is 27.8 Å². The average molecular weight is 752 g/mol. The molecular weight excluding hydrogens is 699 g/mol. The summed E-state index contributed by atoms with van der Waals surface area (Å²) >= 11 is 0. The highest BCUT2D eigenvalue weighted by molar-refractivity contribution is 7.89. The Labute approximate surface area is 320 Å². The van der Waals surface area contributed by atoms with Crippen LogP contribution in [0.25, 0.3) is 0 Å². The number of aliphatic hydroxyl groups excluding tert-OH is 1. The SMILES string of the molecule is Cc1ccc(S(=O)(=O)NC(Cc2ccccc2)C(=O)Nc2cccc(C3OC(CN4CC5(C)CC4CC(C)(C)C5)CC(c4ccc(CO)cc4)O3)c2)cc1. The molecule has 3 aliphatic rings. The smallest absolute Gasteiger partial charge is 0.242 e. The van der Waals surface area contributed by atoms with Crippen molar-refractivity contribution >= 4 is 21.6 Å². The lowest BCUT2D eigenvalue weighted by Gasteiger charge is -2.41. The van der Waals surface area contributed by atoms with Crippen LogP contribution >= 0.6 is 0 Å². The fourth-order valence-corrected chi connectivity index (χ4v) is 10.3. The van der Waals surface area contributed by atoms with Crippen LogP contribution in [0.2, 0.25) is 0 Å². The number of benzene rings is 4. The molecule has 1 saturated carbocycles. The molecule has 4 aromatic rings. The number of rotatable bonds is 12. The van der Waals surface area contributed by atoms with Gasteiger partial charge in [-0.2, -0.15) is 4.72 Å². The fraction of sp³-hybridized carbons (Fsp3) is 0.432. The van der Waals surface area contributed by atoms with E-state index in [1.54, 1.807) is 30.3 Å². The molecule has 6 unspecified atom stereocenters. The summed E-state index contributed by atoms with van der Waals surface area (Å²) in [7, 11) is -4.00. The number of anilines is 1. The first kappa shape index (κ1) is 38.4. The Morgan fingerprint density at radius 1 is 0.889 bits per heavy atom. The Bertz CT molecular complexity index is 2020. The molecule has 0 spiro atoms. The number of aliphatic hydroxyl groups is 1. The first-order valence-corrected chi connectivity index (χ1v) is 20.5. The molecule has 2 aliphatic heterocycles. The van der Waals surface area contributed by atoms with Gasteiger partial charge in [-0.15, -0.1) is 0 Å². The highest BCUT2D eigenvalue weighted by atomic mass is 32.2. The Morgan fingerprint density at radius 3 is 2.35 bits per heavy atom. The summed E-state index contributed by atoms with van der Waals surface area (Å²) in [6, 6.07) is 30.7. The van der Waals surface area contributed by atoms with Gasteiger partial charge in [-0.25, -0.2) is 8.42 Å². The lowest BCUT2D eigenvalue weighted by atomic mass is 9.65. The Morgan fingerprint density at radius 2 is 1.63 bits per heavy atom. The first-order chi connectivity index (χ1) is 25.8. The van der Waals surface area contributed by atoms with E-state index in [1.807, 2.05) is 79.7 Å². The molecule has 1 amide bonds. The minimum absolute atomic E-state index is 0.0241. The molecular formula is C44H53N3O6S. The summed E-state index contributed by atoms with van der Waals surface area (Å²) < 4.78 is 43.0. The molecule has 9 nitrogen and oxygen atoms in total. The van der Waals surface area contributed by atoms with Gasteiger partial charge in [0.25, 0.3) is 0 Å². The van der Waals surface area contributed by atoms with Crippen LogP contribution in [-0.4, -0.2) is 55.6 Å². The number of sulfonamides is 1. The molecule has 0 radical (unpaired) electrons. The summed E-state index contributed by atoms with van der Waals surface area (Å²) in [5.41, 5.74) is 5.50. The topological polar surface area (TPSA) is 117 Å². The van der Waals surface area contributed by atoms with Gasteiger partial charge in [0, 0.05) is 36.8 Å². The maximum Gasteiger partial charge on any atom is 0.242 e. The number of carbonyl (C=O) groups is 1. The molecule has 6 atom stereocenters. The van der Waals surface area contributed by atoms with Gasteiger partial charge in [0.05, 0.1) is 23.7 Å². The highest BCUT2D eigenvalue weighted by Gasteiger charge is 2.50. The summed E-state index contributed by atoms with van der Waals surface area (Å²) in [6.07, 6.45) is 3.44. The van der Waals surface area contributed by atoms with E-state index in [1.165, 1.54) is 19.3 Å². The standard InChI is InChI=1S/C44H53N3O6S/c1-30-13-19-38(20-14-30)54(50,51)46-39(21-31-9-6-5-7-10-31)41(49)45-35-12-8-11-34(22-35)42-52-37(23-40(53-42)33-17-15-32(27-48)16-18-33)26-47-29-44(4)25-36(47)24-43(2,3)28-44/h5-20,22,36-37,39-40,42,46,48H,21,23-29H2,1-4H3,(H,45,49). The molecule has 2 bridgehead atoms. The van der Waals surface area contributed by atoms with Crippen molar-refractivity contribution in [2.75, 3.05) is 18.4 Å². The van der Waals surface area contributed by atoms with Gasteiger partial charge in [-0.3, -0.25) is 9.69 Å². The van der Waals surface area contributed by atoms with Crippen LogP contribution in [0.4, 0.5) is 5.69 Å². The monoisotopic (exact) mass is 751 g/mol. The maximum absolute atomic E-state index is 13.9. The third-order valence-corrected chi connectivity index (χ3v) is 12.7. The third-order valence-electron chi connectivity index (χ3n) is 11.2. The van der Waals surface area contributed by atoms with E-state index in [0.29, 0.717) is 29.0 Å². The Kier molecular flexibility index (Phi) is 11.1. The number of hydrogen-bond donors (Lipinski definition) is 3.